The molecule has 0 spiro atoms. The van der Waals surface area contributed by atoms with E-state index in [0.29, 0.717) is 5.56 Å². The fourth-order valence-corrected chi connectivity index (χ4v) is 12.3. The topological polar surface area (TPSA) is 43.5 Å². The summed E-state index contributed by atoms with van der Waals surface area (Å²) in [6, 6.07) is 68.5. The number of para-hydroxylation sites is 4. The van der Waals surface area contributed by atoms with Crippen molar-refractivity contribution in [1.82, 2.24) is 18.3 Å². The number of hydrogen-bond donors (Lipinski definition) is 0. The molecule has 0 radical (unpaired) electrons. The number of nitrogens with zero attached hydrogens (tertiary/aromatic N) is 5. The van der Waals surface area contributed by atoms with Gasteiger partial charge in [-0.1, -0.05) is 180 Å². The predicted octanol–water partition coefficient (Wildman–Crippen LogP) is 19.1. The maximum atomic E-state index is 12.7. The van der Waals surface area contributed by atoms with E-state index < -0.39 is 0 Å². The van der Waals surface area contributed by atoms with Crippen LogP contribution in [0.25, 0.3) is 110 Å². The fraction of sp³-hybridized carbons (Fsp3) is 0.225. The minimum atomic E-state index is -0.0836. The van der Waals surface area contributed by atoms with Gasteiger partial charge in [0, 0.05) is 43.1 Å². The van der Waals surface area contributed by atoms with Crippen LogP contribution in [0.4, 0.5) is 0 Å². The third-order valence-electron chi connectivity index (χ3n) is 16.4. The van der Waals surface area contributed by atoms with E-state index in [4.69, 9.17) is 0 Å². The first kappa shape index (κ1) is 47.4. The lowest BCUT2D eigenvalue weighted by Crippen LogP contribution is -2.14. The number of nitriles is 1. The van der Waals surface area contributed by atoms with Gasteiger partial charge in [-0.05, 0) is 123 Å². The van der Waals surface area contributed by atoms with Crippen LogP contribution in [0.3, 0.4) is 0 Å². The second kappa shape index (κ2) is 16.3. The molecule has 4 heterocycles. The largest absolute Gasteiger partial charge is 0.307 e. The van der Waals surface area contributed by atoms with Crippen molar-refractivity contribution in [2.45, 2.75) is 105 Å². The summed E-state index contributed by atoms with van der Waals surface area (Å²) in [6.07, 6.45) is 0. The van der Waals surface area contributed by atoms with Gasteiger partial charge in [0.1, 0.15) is 11.6 Å². The molecule has 0 bridgehead atoms. The highest BCUT2D eigenvalue weighted by molar-refractivity contribution is 6.15. The summed E-state index contributed by atoms with van der Waals surface area (Å²) in [4.78, 5) is 0. The van der Waals surface area contributed by atoms with Gasteiger partial charge in [-0.25, -0.2) is 0 Å². The summed E-state index contributed by atoms with van der Waals surface area (Å²) in [7, 11) is 0. The lowest BCUT2D eigenvalue weighted by atomic mass is 9.85. The van der Waals surface area contributed by atoms with E-state index >= 15 is 0 Å². The zero-order chi connectivity index (χ0) is 53.0. The highest BCUT2D eigenvalue weighted by atomic mass is 15.1. The van der Waals surface area contributed by atoms with Crippen LogP contribution in [-0.4, -0.2) is 18.3 Å². The zero-order valence-electron chi connectivity index (χ0n) is 46.0. The lowest BCUT2D eigenvalue weighted by Gasteiger charge is -2.26. The van der Waals surface area contributed by atoms with Gasteiger partial charge in [0.15, 0.2) is 0 Å². The number of aromatic nitrogens is 4. The number of fused-ring (bicyclic) bond motifs is 12. The van der Waals surface area contributed by atoms with Crippen molar-refractivity contribution >= 4 is 87.2 Å². The maximum Gasteiger partial charge on any atom is 0.104 e. The first-order chi connectivity index (χ1) is 36.2. The molecule has 0 aliphatic heterocycles. The third kappa shape index (κ3) is 7.03. The van der Waals surface area contributed by atoms with Gasteiger partial charge in [0.05, 0.1) is 66.9 Å². The quantitative estimate of drug-likeness (QED) is 0.173. The van der Waals surface area contributed by atoms with Crippen molar-refractivity contribution < 1.29 is 0 Å². The molecular weight excluding hydrogens is 923 g/mol. The van der Waals surface area contributed by atoms with Gasteiger partial charge < -0.3 is 18.3 Å². The Kier molecular flexibility index (Phi) is 10.2. The summed E-state index contributed by atoms with van der Waals surface area (Å²) in [6.45, 7) is 27.6. The molecule has 5 heteroatoms. The zero-order valence-corrected chi connectivity index (χ0v) is 46.0. The number of hydrogen-bond acceptors (Lipinski definition) is 1. The normalized spacial score (nSPS) is 13.0. The highest BCUT2D eigenvalue weighted by Gasteiger charge is 2.32. The molecule has 0 N–H and O–H groups in total. The number of benzene rings is 9. The fourth-order valence-electron chi connectivity index (χ4n) is 12.3. The molecule has 13 rings (SSSR count). The van der Waals surface area contributed by atoms with Gasteiger partial charge in [0.25, 0.3) is 0 Å². The molecule has 0 aliphatic rings. The van der Waals surface area contributed by atoms with Crippen LogP contribution in [0, 0.1) is 11.3 Å². The Morgan fingerprint density at radius 3 is 0.750 bits per heavy atom. The second-order valence-electron chi connectivity index (χ2n) is 25.4. The van der Waals surface area contributed by atoms with Gasteiger partial charge in [-0.3, -0.25) is 0 Å². The summed E-state index contributed by atoms with van der Waals surface area (Å²) >= 11 is 0. The van der Waals surface area contributed by atoms with Gasteiger partial charge in [-0.2, -0.15) is 5.26 Å². The van der Waals surface area contributed by atoms with Gasteiger partial charge in [-0.15, -0.1) is 0 Å². The molecule has 4 aromatic heterocycles. The first-order valence-electron chi connectivity index (χ1n) is 27.0. The van der Waals surface area contributed by atoms with Crippen molar-refractivity contribution in [2.24, 2.45) is 0 Å². The molecule has 0 atom stereocenters. The standard InChI is InChI=1S/C71H65N5/c1-68(2,3)43-29-33-60-51(37-43)52-38-44(69(4,5)6)30-34-61(52)73(60)64-41-65(74-62-35-31-45(70(7,8)9)39-53(62)54-40-46(71(10,11)12)32-36-63(54)74)67(76-58-27-19-15-23-49(58)50-24-16-20-28-59(50)76)55(42-72)66(64)75-56-25-17-13-21-47(56)48-22-14-18-26-57(48)75/h13-41H,1-12H3. The van der Waals surface area contributed by atoms with Crippen LogP contribution in [0.5, 0.6) is 0 Å². The van der Waals surface area contributed by atoms with Crippen LogP contribution in [0.1, 0.15) is 111 Å². The third-order valence-corrected chi connectivity index (χ3v) is 16.4. The van der Waals surface area contributed by atoms with Crippen LogP contribution >= 0.6 is 0 Å². The summed E-state index contributed by atoms with van der Waals surface area (Å²) < 4.78 is 9.74. The Bertz CT molecular complexity index is 4080. The smallest absolute Gasteiger partial charge is 0.104 e. The number of rotatable bonds is 4. The molecule has 76 heavy (non-hydrogen) atoms. The van der Waals surface area contributed by atoms with Crippen LogP contribution < -0.4 is 0 Å². The average molecular weight is 988 g/mol. The van der Waals surface area contributed by atoms with E-state index in [0.717, 1.165) is 88.4 Å². The van der Waals surface area contributed by atoms with E-state index in [-0.39, 0.29) is 21.7 Å². The Hall–Kier alpha value is -8.33. The molecule has 374 valence electrons. The lowest BCUT2D eigenvalue weighted by molar-refractivity contribution is 0.590. The molecule has 0 saturated heterocycles. The minimum absolute atomic E-state index is 0.0836. The van der Waals surface area contributed by atoms with Gasteiger partial charge >= 0.3 is 0 Å². The first-order valence-corrected chi connectivity index (χ1v) is 27.0. The SMILES string of the molecule is CC(C)(C)c1ccc2c(c1)c1cc(C(C)(C)C)ccc1n2-c1cc(-n2c3ccc(C(C)(C)C)cc3c3cc(C(C)(C)C)ccc32)c(-n2c3ccccc3c3ccccc32)c(C#N)c1-n1c2ccccc2c2ccccc21. The van der Waals surface area contributed by atoms with Crippen molar-refractivity contribution in [2.75, 3.05) is 0 Å². The Morgan fingerprint density at radius 2 is 0.513 bits per heavy atom. The second-order valence-corrected chi connectivity index (χ2v) is 25.4. The maximum absolute atomic E-state index is 12.7. The Morgan fingerprint density at radius 1 is 0.276 bits per heavy atom. The minimum Gasteiger partial charge on any atom is -0.307 e. The molecule has 5 nitrogen and oxygen atoms in total. The van der Waals surface area contributed by atoms with E-state index in [1.165, 1.54) is 43.8 Å². The molecule has 0 unspecified atom stereocenters. The summed E-state index contributed by atoms with van der Waals surface area (Å²) in [5.41, 5.74) is 17.3. The van der Waals surface area contributed by atoms with Crippen molar-refractivity contribution in [3.05, 3.63) is 204 Å². The van der Waals surface area contributed by atoms with E-state index in [9.17, 15) is 5.26 Å². The van der Waals surface area contributed by atoms with Crippen LogP contribution in [-0.2, 0) is 21.7 Å². The summed E-state index contributed by atoms with van der Waals surface area (Å²) in [5.74, 6) is 0. The van der Waals surface area contributed by atoms with Crippen molar-refractivity contribution in [3.63, 3.8) is 0 Å². The molecule has 13 aromatic rings. The monoisotopic (exact) mass is 988 g/mol. The molecule has 9 aromatic carbocycles. The van der Waals surface area contributed by atoms with E-state index in [1.807, 2.05) is 0 Å². The molecule has 0 fully saturated rings. The highest BCUT2D eigenvalue weighted by Crippen LogP contribution is 2.48. The average Bonchev–Trinajstić information content (AvgIpc) is 4.20. The Balaban J connectivity index is 1.32. The molecule has 0 amide bonds. The predicted molar refractivity (Wildman–Crippen MR) is 323 cm³/mol. The van der Waals surface area contributed by atoms with Crippen molar-refractivity contribution in [1.29, 1.82) is 5.26 Å². The van der Waals surface area contributed by atoms with Gasteiger partial charge in [0.2, 0.25) is 0 Å². The molecule has 0 saturated carbocycles. The molecule has 0 aliphatic carbocycles. The van der Waals surface area contributed by atoms with Crippen molar-refractivity contribution in [3.8, 4) is 28.8 Å². The summed E-state index contributed by atoms with van der Waals surface area (Å²) in [5, 5.41) is 22.0. The van der Waals surface area contributed by atoms with Crippen LogP contribution in [0.15, 0.2) is 176 Å². The Labute approximate surface area is 445 Å². The van der Waals surface area contributed by atoms with Crippen LogP contribution in [0.2, 0.25) is 0 Å². The molecular formula is C71H65N5. The van der Waals surface area contributed by atoms with E-state index in [1.54, 1.807) is 0 Å². The van der Waals surface area contributed by atoms with E-state index in [2.05, 4.69) is 283 Å².